The van der Waals surface area contributed by atoms with Gasteiger partial charge in [0.2, 0.25) is 0 Å². The summed E-state index contributed by atoms with van der Waals surface area (Å²) < 4.78 is 5.78. The second-order valence-corrected chi connectivity index (χ2v) is 8.11. The van der Waals surface area contributed by atoms with Crippen LogP contribution in [0.15, 0.2) is 48.5 Å². The summed E-state index contributed by atoms with van der Waals surface area (Å²) in [6.45, 7) is 6.68. The molecule has 4 heteroatoms. The Kier molecular flexibility index (Phi) is 5.99. The van der Waals surface area contributed by atoms with E-state index in [1.165, 1.54) is 0 Å². The second kappa shape index (κ2) is 8.27. The molecule has 0 N–H and O–H groups in total. The molecule has 1 heterocycles. The van der Waals surface area contributed by atoms with Gasteiger partial charge in [0.1, 0.15) is 0 Å². The summed E-state index contributed by atoms with van der Waals surface area (Å²) in [5, 5.41) is 0. The van der Waals surface area contributed by atoms with E-state index in [9.17, 15) is 9.59 Å². The van der Waals surface area contributed by atoms with E-state index in [0.29, 0.717) is 24.2 Å². The first-order valence-electron chi connectivity index (χ1n) is 9.95. The van der Waals surface area contributed by atoms with Crippen LogP contribution in [0.4, 0.5) is 0 Å². The zero-order valence-corrected chi connectivity index (χ0v) is 17.2. The maximum Gasteiger partial charge on any atom is 0.253 e. The lowest BCUT2D eigenvalue weighted by Gasteiger charge is -2.39. The molecule has 0 saturated carbocycles. The first kappa shape index (κ1) is 20.3. The Morgan fingerprint density at radius 3 is 2.29 bits per heavy atom. The molecule has 0 aromatic heterocycles. The first-order valence-corrected chi connectivity index (χ1v) is 9.95. The molecule has 1 aliphatic heterocycles. The lowest BCUT2D eigenvalue weighted by molar-refractivity contribution is -0.0756. The molecule has 0 radical (unpaired) electrons. The van der Waals surface area contributed by atoms with Gasteiger partial charge >= 0.3 is 0 Å². The summed E-state index contributed by atoms with van der Waals surface area (Å²) in [4.78, 5) is 27.0. The molecule has 1 aliphatic rings. The van der Waals surface area contributed by atoms with Gasteiger partial charge in [-0.25, -0.2) is 0 Å². The molecule has 1 fully saturated rings. The van der Waals surface area contributed by atoms with E-state index in [0.717, 1.165) is 24.0 Å². The zero-order valence-electron chi connectivity index (χ0n) is 17.2. The number of carbonyl (C=O) groups excluding carboxylic acids is 2. The van der Waals surface area contributed by atoms with E-state index >= 15 is 0 Å². The van der Waals surface area contributed by atoms with Gasteiger partial charge in [-0.2, -0.15) is 0 Å². The van der Waals surface area contributed by atoms with Gasteiger partial charge in [0, 0.05) is 37.2 Å². The molecule has 0 bridgehead atoms. The van der Waals surface area contributed by atoms with Crippen molar-refractivity contribution in [3.05, 3.63) is 59.7 Å². The largest absolute Gasteiger partial charge is 0.375 e. The minimum absolute atomic E-state index is 0.0188. The molecule has 2 aromatic carbocycles. The number of ether oxygens (including phenoxy) is 1. The van der Waals surface area contributed by atoms with E-state index in [-0.39, 0.29) is 23.3 Å². The number of hydrogen-bond acceptors (Lipinski definition) is 3. The number of ketones is 1. The molecule has 1 atom stereocenters. The van der Waals surface area contributed by atoms with Gasteiger partial charge in [-0.1, -0.05) is 37.3 Å². The molecule has 148 valence electrons. The molecule has 0 unspecified atom stereocenters. The van der Waals surface area contributed by atoms with Crippen molar-refractivity contribution >= 4 is 11.7 Å². The normalized spacial score (nSPS) is 18.5. The van der Waals surface area contributed by atoms with E-state index in [1.54, 1.807) is 0 Å². The third-order valence-corrected chi connectivity index (χ3v) is 5.49. The number of carbonyl (C=O) groups is 2. The summed E-state index contributed by atoms with van der Waals surface area (Å²) in [5.74, 6) is 0.140. The third kappa shape index (κ3) is 4.50. The molecule has 0 aliphatic carbocycles. The van der Waals surface area contributed by atoms with Crippen molar-refractivity contribution in [1.82, 2.24) is 4.90 Å². The smallest absolute Gasteiger partial charge is 0.253 e. The summed E-state index contributed by atoms with van der Waals surface area (Å²) in [6.07, 6.45) is 2.16. The number of benzene rings is 2. The van der Waals surface area contributed by atoms with E-state index in [4.69, 9.17) is 4.74 Å². The fourth-order valence-corrected chi connectivity index (χ4v) is 3.81. The fourth-order valence-electron chi connectivity index (χ4n) is 3.81. The maximum absolute atomic E-state index is 13.1. The number of rotatable bonds is 5. The van der Waals surface area contributed by atoms with Crippen LogP contribution >= 0.6 is 0 Å². The molecule has 3 rings (SSSR count). The third-order valence-electron chi connectivity index (χ3n) is 5.49. The molecule has 1 saturated heterocycles. The summed E-state index contributed by atoms with van der Waals surface area (Å²) in [7, 11) is 1.88. The van der Waals surface area contributed by atoms with Crippen molar-refractivity contribution in [3.63, 3.8) is 0 Å². The van der Waals surface area contributed by atoms with Gasteiger partial charge < -0.3 is 9.64 Å². The van der Waals surface area contributed by atoms with Crippen LogP contribution in [0.25, 0.3) is 11.1 Å². The van der Waals surface area contributed by atoms with Gasteiger partial charge in [-0.05, 0) is 56.0 Å². The Balaban J connectivity index is 1.83. The van der Waals surface area contributed by atoms with E-state index < -0.39 is 0 Å². The molecule has 1 amide bonds. The van der Waals surface area contributed by atoms with Crippen LogP contribution in [0.2, 0.25) is 0 Å². The van der Waals surface area contributed by atoms with Crippen LogP contribution in [0.3, 0.4) is 0 Å². The van der Waals surface area contributed by atoms with Crippen molar-refractivity contribution in [2.45, 2.75) is 51.7 Å². The highest BCUT2D eigenvalue weighted by Crippen LogP contribution is 2.28. The summed E-state index contributed by atoms with van der Waals surface area (Å²) >= 11 is 0. The first-order chi connectivity index (χ1) is 13.3. The lowest BCUT2D eigenvalue weighted by atomic mass is 9.92. The molecule has 28 heavy (non-hydrogen) atoms. The highest BCUT2D eigenvalue weighted by molar-refractivity contribution is 5.98. The van der Waals surface area contributed by atoms with Crippen LogP contribution < -0.4 is 0 Å². The van der Waals surface area contributed by atoms with Gasteiger partial charge in [0.15, 0.2) is 5.78 Å². The zero-order chi connectivity index (χ0) is 20.3. The van der Waals surface area contributed by atoms with Crippen LogP contribution in [0.1, 0.15) is 60.7 Å². The molecule has 2 aromatic rings. The highest BCUT2D eigenvalue weighted by atomic mass is 16.5. The Morgan fingerprint density at radius 1 is 1.07 bits per heavy atom. The minimum atomic E-state index is -0.203. The molecular formula is C24H29NO3. The Morgan fingerprint density at radius 2 is 1.68 bits per heavy atom. The molecule has 0 spiro atoms. The highest BCUT2D eigenvalue weighted by Gasteiger charge is 2.33. The van der Waals surface area contributed by atoms with E-state index in [1.807, 2.05) is 67.4 Å². The number of hydrogen-bond donors (Lipinski definition) is 0. The van der Waals surface area contributed by atoms with Gasteiger partial charge in [0.25, 0.3) is 5.91 Å². The van der Waals surface area contributed by atoms with Crippen LogP contribution in [-0.2, 0) is 4.74 Å². The van der Waals surface area contributed by atoms with E-state index in [2.05, 4.69) is 13.8 Å². The topological polar surface area (TPSA) is 46.6 Å². The van der Waals surface area contributed by atoms with Crippen LogP contribution in [-0.4, -0.2) is 41.9 Å². The average Bonchev–Trinajstić information content (AvgIpc) is 2.71. The fraction of sp³-hybridized carbons (Fsp3) is 0.417. The number of amides is 1. The maximum atomic E-state index is 13.1. The summed E-state index contributed by atoms with van der Waals surface area (Å²) in [6, 6.07) is 15.4. The number of nitrogens with zero attached hydrogens (tertiary/aromatic N) is 1. The average molecular weight is 380 g/mol. The van der Waals surface area contributed by atoms with Crippen LogP contribution in [0.5, 0.6) is 0 Å². The van der Waals surface area contributed by atoms with Crippen molar-refractivity contribution < 1.29 is 14.3 Å². The Hall–Kier alpha value is -2.46. The summed E-state index contributed by atoms with van der Waals surface area (Å²) in [5.41, 5.74) is 3.06. The van der Waals surface area contributed by atoms with Crippen molar-refractivity contribution in [3.8, 4) is 11.1 Å². The SMILES string of the molecule is CCC(=O)c1cccc(-c2cccc(C(=O)N(C)[C@H]3CCOC(C)(C)C3)c2)c1. The Bertz CT molecular complexity index is 872. The quantitative estimate of drug-likeness (QED) is 0.689. The van der Waals surface area contributed by atoms with Gasteiger partial charge in [-0.15, -0.1) is 0 Å². The van der Waals surface area contributed by atoms with Crippen molar-refractivity contribution in [2.75, 3.05) is 13.7 Å². The van der Waals surface area contributed by atoms with Gasteiger partial charge in [-0.3, -0.25) is 9.59 Å². The Labute approximate surface area is 167 Å². The monoisotopic (exact) mass is 379 g/mol. The van der Waals surface area contributed by atoms with Gasteiger partial charge in [0.05, 0.1) is 5.60 Å². The van der Waals surface area contributed by atoms with Crippen LogP contribution in [0, 0.1) is 0 Å². The lowest BCUT2D eigenvalue weighted by Crippen LogP contribution is -2.46. The molecule has 4 nitrogen and oxygen atoms in total. The van der Waals surface area contributed by atoms with Crippen molar-refractivity contribution in [2.24, 2.45) is 0 Å². The molecular weight excluding hydrogens is 350 g/mol. The standard InChI is InChI=1S/C24H29NO3/c1-5-22(26)19-10-6-8-17(14-19)18-9-7-11-20(15-18)23(27)25(4)21-12-13-28-24(2,3)16-21/h6-11,14-15,21H,5,12-13,16H2,1-4H3/t21-/m0/s1. The minimum Gasteiger partial charge on any atom is -0.375 e. The number of Topliss-reactive ketones (excluding diaryl/α,β-unsaturated/α-hetero) is 1. The second-order valence-electron chi connectivity index (χ2n) is 8.11. The predicted octanol–water partition coefficient (Wildman–Crippen LogP) is 4.98. The van der Waals surface area contributed by atoms with Crippen molar-refractivity contribution in [1.29, 1.82) is 0 Å². The predicted molar refractivity (Wildman–Crippen MR) is 112 cm³/mol.